The number of aliphatic imine (C=N–C) groups is 1. The molecule has 0 radical (unpaired) electrons. The first-order chi connectivity index (χ1) is 15.4. The summed E-state index contributed by atoms with van der Waals surface area (Å²) in [5.74, 6) is -0.268. The highest BCUT2D eigenvalue weighted by Crippen LogP contribution is 2.30. The number of hydrogen-bond donors (Lipinski definition) is 2. The fourth-order valence-corrected chi connectivity index (χ4v) is 3.22. The number of ether oxygens (including phenoxy) is 2. The third kappa shape index (κ3) is 6.94. The molecule has 2 amide bonds. The molecule has 2 rings (SSSR count). The molecule has 1 aliphatic rings. The molecule has 0 aliphatic heterocycles. The second-order valence-corrected chi connectivity index (χ2v) is 7.23. The van der Waals surface area contributed by atoms with Crippen LogP contribution in [0.3, 0.4) is 0 Å². The second-order valence-electron chi connectivity index (χ2n) is 7.23. The number of carbonyl (C=O) groups is 3. The van der Waals surface area contributed by atoms with Gasteiger partial charge in [-0.15, -0.1) is 0 Å². The summed E-state index contributed by atoms with van der Waals surface area (Å²) in [6.45, 7) is 8.88. The SMILES string of the molecule is C=COc1cc(NC(=O)CCNC(=O)C[C@@H](C)C(=O)C2=C(N=C)CCC=C2)ccc1OC. The van der Waals surface area contributed by atoms with Crippen LogP contribution in [0, 0.1) is 5.92 Å². The van der Waals surface area contributed by atoms with E-state index in [9.17, 15) is 14.4 Å². The standard InChI is InChI=1S/C24H29N3O5/c1-5-32-21-15-17(10-11-20(21)31-4)27-22(28)12-13-26-23(29)14-16(2)24(30)18-8-6-7-9-19(18)25-3/h5-6,8,10-11,15-16H,1,3,7,9,12-14H2,2,4H3,(H,26,29)(H,27,28)/t16-/m1/s1. The van der Waals surface area contributed by atoms with Crippen LogP contribution in [0.15, 0.2) is 59.5 Å². The van der Waals surface area contributed by atoms with Crippen LogP contribution in [0.25, 0.3) is 0 Å². The Balaban J connectivity index is 1.80. The van der Waals surface area contributed by atoms with Gasteiger partial charge in [-0.05, 0) is 31.7 Å². The molecular formula is C24H29N3O5. The third-order valence-electron chi connectivity index (χ3n) is 4.87. The third-order valence-corrected chi connectivity index (χ3v) is 4.87. The molecule has 1 atom stereocenters. The summed E-state index contributed by atoms with van der Waals surface area (Å²) in [5, 5.41) is 5.42. The van der Waals surface area contributed by atoms with Gasteiger partial charge < -0.3 is 20.1 Å². The van der Waals surface area contributed by atoms with Crippen molar-refractivity contribution in [3.8, 4) is 11.5 Å². The average molecular weight is 440 g/mol. The predicted molar refractivity (Wildman–Crippen MR) is 124 cm³/mol. The molecule has 0 fully saturated rings. The number of nitrogens with one attached hydrogen (secondary N) is 2. The zero-order chi connectivity index (χ0) is 23.5. The number of anilines is 1. The summed E-state index contributed by atoms with van der Waals surface area (Å²) in [5.41, 5.74) is 1.71. The Kier molecular flexibility index (Phi) is 9.41. The number of hydrogen-bond acceptors (Lipinski definition) is 6. The lowest BCUT2D eigenvalue weighted by atomic mass is 9.91. The lowest BCUT2D eigenvalue weighted by Gasteiger charge is -2.15. The molecule has 1 aliphatic carbocycles. The van der Waals surface area contributed by atoms with Crippen molar-refractivity contribution in [2.24, 2.45) is 10.9 Å². The Morgan fingerprint density at radius 2 is 2.03 bits per heavy atom. The fourth-order valence-electron chi connectivity index (χ4n) is 3.22. The van der Waals surface area contributed by atoms with Crippen molar-refractivity contribution in [2.45, 2.75) is 32.6 Å². The smallest absolute Gasteiger partial charge is 0.226 e. The monoisotopic (exact) mass is 439 g/mol. The maximum absolute atomic E-state index is 12.6. The molecule has 170 valence electrons. The van der Waals surface area contributed by atoms with Crippen LogP contribution in [0.5, 0.6) is 11.5 Å². The van der Waals surface area contributed by atoms with Gasteiger partial charge in [0, 0.05) is 42.6 Å². The molecule has 0 aromatic heterocycles. The van der Waals surface area contributed by atoms with Gasteiger partial charge in [0.1, 0.15) is 0 Å². The highest BCUT2D eigenvalue weighted by molar-refractivity contribution is 6.02. The van der Waals surface area contributed by atoms with Crippen molar-refractivity contribution in [3.63, 3.8) is 0 Å². The maximum Gasteiger partial charge on any atom is 0.226 e. The Hall–Kier alpha value is -3.68. The van der Waals surface area contributed by atoms with Gasteiger partial charge in [0.25, 0.3) is 0 Å². The molecule has 0 saturated heterocycles. The molecule has 1 aromatic carbocycles. The topological polar surface area (TPSA) is 106 Å². The molecule has 1 aromatic rings. The predicted octanol–water partition coefficient (Wildman–Crippen LogP) is 3.56. The van der Waals surface area contributed by atoms with Gasteiger partial charge in [-0.25, -0.2) is 0 Å². The Labute approximate surface area is 188 Å². The van der Waals surface area contributed by atoms with E-state index in [0.717, 1.165) is 6.42 Å². The van der Waals surface area contributed by atoms with E-state index in [2.05, 4.69) is 28.9 Å². The van der Waals surface area contributed by atoms with E-state index >= 15 is 0 Å². The molecule has 0 bridgehead atoms. The van der Waals surface area contributed by atoms with Gasteiger partial charge in [-0.2, -0.15) is 0 Å². The zero-order valence-electron chi connectivity index (χ0n) is 18.5. The van der Waals surface area contributed by atoms with E-state index in [1.54, 1.807) is 31.2 Å². The molecule has 0 unspecified atom stereocenters. The first kappa shape index (κ1) is 24.6. The van der Waals surface area contributed by atoms with Crippen molar-refractivity contribution < 1.29 is 23.9 Å². The van der Waals surface area contributed by atoms with Crippen molar-refractivity contribution in [3.05, 3.63) is 54.5 Å². The largest absolute Gasteiger partial charge is 0.493 e. The van der Waals surface area contributed by atoms with Crippen molar-refractivity contribution in [2.75, 3.05) is 19.0 Å². The van der Waals surface area contributed by atoms with Crippen LogP contribution < -0.4 is 20.1 Å². The molecule has 32 heavy (non-hydrogen) atoms. The zero-order valence-corrected chi connectivity index (χ0v) is 18.5. The molecule has 0 spiro atoms. The van der Waals surface area contributed by atoms with Gasteiger partial charge in [0.15, 0.2) is 17.3 Å². The van der Waals surface area contributed by atoms with Crippen molar-refractivity contribution >= 4 is 30.0 Å². The minimum Gasteiger partial charge on any atom is -0.493 e. The Morgan fingerprint density at radius 1 is 1.25 bits per heavy atom. The van der Waals surface area contributed by atoms with Crippen LogP contribution in [0.1, 0.15) is 32.6 Å². The Morgan fingerprint density at radius 3 is 2.72 bits per heavy atom. The molecule has 0 heterocycles. The number of nitrogens with zero attached hydrogens (tertiary/aromatic N) is 1. The number of amides is 2. The summed E-state index contributed by atoms with van der Waals surface area (Å²) in [6.07, 6.45) is 6.53. The normalized spacial score (nSPS) is 13.7. The lowest BCUT2D eigenvalue weighted by Crippen LogP contribution is -2.30. The summed E-state index contributed by atoms with van der Waals surface area (Å²) in [7, 11) is 1.51. The summed E-state index contributed by atoms with van der Waals surface area (Å²) < 4.78 is 10.4. The molecule has 2 N–H and O–H groups in total. The molecule has 0 saturated carbocycles. The highest BCUT2D eigenvalue weighted by atomic mass is 16.5. The second kappa shape index (κ2) is 12.2. The van der Waals surface area contributed by atoms with Crippen LogP contribution in [0.4, 0.5) is 5.69 Å². The van der Waals surface area contributed by atoms with Gasteiger partial charge in [-0.1, -0.05) is 25.7 Å². The van der Waals surface area contributed by atoms with Gasteiger partial charge >= 0.3 is 0 Å². The Bertz CT molecular complexity index is 949. The lowest BCUT2D eigenvalue weighted by molar-refractivity contribution is -0.126. The van der Waals surface area contributed by atoms with Crippen LogP contribution in [0.2, 0.25) is 0 Å². The molecule has 8 nitrogen and oxygen atoms in total. The quantitative estimate of drug-likeness (QED) is 0.383. The summed E-state index contributed by atoms with van der Waals surface area (Å²) >= 11 is 0. The van der Waals surface area contributed by atoms with Crippen molar-refractivity contribution in [1.29, 1.82) is 0 Å². The number of ketones is 1. The number of Topliss-reactive ketones (excluding diaryl/α,β-unsaturated/α-hetero) is 1. The first-order valence-corrected chi connectivity index (χ1v) is 10.3. The minimum absolute atomic E-state index is 0.0307. The van der Waals surface area contributed by atoms with E-state index in [1.807, 2.05) is 6.08 Å². The molecular weight excluding hydrogens is 410 g/mol. The number of rotatable bonds is 12. The van der Waals surface area contributed by atoms with E-state index in [1.165, 1.54) is 13.4 Å². The fraction of sp³-hybridized carbons (Fsp3) is 0.333. The average Bonchev–Trinajstić information content (AvgIpc) is 2.78. The highest BCUT2D eigenvalue weighted by Gasteiger charge is 2.23. The van der Waals surface area contributed by atoms with Crippen LogP contribution in [-0.4, -0.2) is 38.0 Å². The van der Waals surface area contributed by atoms with E-state index in [-0.39, 0.29) is 37.0 Å². The molecule has 8 heteroatoms. The number of methoxy groups -OCH3 is 1. The summed E-state index contributed by atoms with van der Waals surface area (Å²) in [6, 6.07) is 4.96. The van der Waals surface area contributed by atoms with Crippen molar-refractivity contribution in [1.82, 2.24) is 5.32 Å². The summed E-state index contributed by atoms with van der Waals surface area (Å²) in [4.78, 5) is 41.0. The number of carbonyl (C=O) groups excluding carboxylic acids is 3. The first-order valence-electron chi connectivity index (χ1n) is 10.3. The van der Waals surface area contributed by atoms with Gasteiger partial charge in [0.05, 0.1) is 19.1 Å². The van der Waals surface area contributed by atoms with Gasteiger partial charge in [-0.3, -0.25) is 19.4 Å². The van der Waals surface area contributed by atoms with E-state index in [4.69, 9.17) is 9.47 Å². The van der Waals surface area contributed by atoms with E-state index in [0.29, 0.717) is 34.9 Å². The number of allylic oxidation sites excluding steroid dienone is 4. The van der Waals surface area contributed by atoms with Crippen LogP contribution >= 0.6 is 0 Å². The number of benzene rings is 1. The van der Waals surface area contributed by atoms with E-state index < -0.39 is 5.92 Å². The minimum atomic E-state index is -0.499. The maximum atomic E-state index is 12.6. The van der Waals surface area contributed by atoms with Crippen LogP contribution in [-0.2, 0) is 14.4 Å². The van der Waals surface area contributed by atoms with Gasteiger partial charge in [0.2, 0.25) is 11.8 Å².